The monoisotopic (exact) mass is 1740 g/mol. The summed E-state index contributed by atoms with van der Waals surface area (Å²) < 4.78 is 6.06. The summed E-state index contributed by atoms with van der Waals surface area (Å²) in [5, 5.41) is 20.3. The molecular weight excluding hydrogens is 1660 g/mol. The van der Waals surface area contributed by atoms with Crippen molar-refractivity contribution in [2.24, 2.45) is 0 Å². The summed E-state index contributed by atoms with van der Waals surface area (Å²) in [6, 6.07) is 171. The van der Waals surface area contributed by atoms with Gasteiger partial charge >= 0.3 is 0 Å². The topological polar surface area (TPSA) is 103 Å². The zero-order chi connectivity index (χ0) is 90.6. The number of pyridine rings is 6. The van der Waals surface area contributed by atoms with Crippen LogP contribution in [0, 0.1) is 0 Å². The molecule has 0 aliphatic rings. The van der Waals surface area contributed by atoms with Crippen LogP contribution in [0.5, 0.6) is 0 Å². The van der Waals surface area contributed by atoms with Crippen molar-refractivity contribution in [1.82, 2.24) is 34.9 Å². The number of hydrogen-bond acceptors (Lipinski definition) is 8. The van der Waals surface area contributed by atoms with E-state index in [9.17, 15) is 0 Å². The zero-order valence-electron chi connectivity index (χ0n) is 74.3. The summed E-state index contributed by atoms with van der Waals surface area (Å²) in [4.78, 5) is 35.1. The van der Waals surface area contributed by atoms with Crippen molar-refractivity contribution >= 4 is 130 Å². The number of rotatable bonds is 12. The molecule has 0 bridgehead atoms. The molecule has 7 heterocycles. The highest BCUT2D eigenvalue weighted by molar-refractivity contribution is 6.06. The first kappa shape index (κ1) is 80.7. The maximum absolute atomic E-state index is 6.06. The number of benzene rings is 20. The second-order valence-corrected chi connectivity index (χ2v) is 35.1. The van der Waals surface area contributed by atoms with Crippen LogP contribution < -0.4 is 0 Å². The molecule has 137 heavy (non-hydrogen) atoms. The molecule has 0 radical (unpaired) electrons. The van der Waals surface area contributed by atoms with Crippen LogP contribution in [0.2, 0.25) is 0 Å². The van der Waals surface area contributed by atoms with Crippen LogP contribution in [-0.4, -0.2) is 34.9 Å². The van der Waals surface area contributed by atoms with Gasteiger partial charge in [-0.2, -0.15) is 0 Å². The third-order valence-electron chi connectivity index (χ3n) is 26.5. The van der Waals surface area contributed by atoms with Gasteiger partial charge in [0.05, 0.1) is 61.7 Å². The normalized spacial score (nSPS) is 11.5. The molecule has 0 N–H and O–H groups in total. The number of nitrogens with zero attached hydrogens (tertiary/aromatic N) is 7. The van der Waals surface area contributed by atoms with E-state index in [1.807, 2.05) is 60.8 Å². The number of fused-ring (bicyclic) bond motifs is 12. The lowest BCUT2D eigenvalue weighted by Crippen LogP contribution is -1.93. The Morgan fingerprint density at radius 3 is 0.839 bits per heavy atom. The molecule has 27 rings (SSSR count). The molecule has 8 nitrogen and oxygen atoms in total. The maximum Gasteiger partial charge on any atom is 0.227 e. The molecule has 0 saturated carbocycles. The van der Waals surface area contributed by atoms with Crippen LogP contribution in [0.4, 0.5) is 0 Å². The lowest BCUT2D eigenvalue weighted by molar-refractivity contribution is 0.620. The molecule has 0 amide bonds. The van der Waals surface area contributed by atoms with Gasteiger partial charge in [0.25, 0.3) is 0 Å². The van der Waals surface area contributed by atoms with E-state index in [0.29, 0.717) is 5.89 Å². The molecule has 0 atom stereocenters. The SMILES string of the molecule is c1cc(-c2ccc3ccccc3n2)cc(-c2cc(-c3ccc4ccccc4c3)nc3ccc(-c4ccc5ccccc5c4)cc23)c1.c1ccc2cc(-c3ccc4nc(-c5ccc6ccccc6c5)cc(-c5ccc(-c6ccc7ccccc7n6)nc5)c4c3)ccc2c1.c1ccc2cc(-c3ccc4nc(-c5ccc6ccccc6c5)cc(-c5ccc(-c6nc7ccccc7o6)cc5)c4c3)ccc2c1. The average Bonchev–Trinajstić information content (AvgIpc) is 1.43. The van der Waals surface area contributed by atoms with Crippen molar-refractivity contribution in [1.29, 1.82) is 0 Å². The molecule has 0 aliphatic carbocycles. The largest absolute Gasteiger partial charge is 0.436 e. The highest BCUT2D eigenvalue weighted by Crippen LogP contribution is 2.43. The van der Waals surface area contributed by atoms with E-state index < -0.39 is 0 Å². The van der Waals surface area contributed by atoms with Gasteiger partial charge in [-0.15, -0.1) is 0 Å². The zero-order valence-corrected chi connectivity index (χ0v) is 74.3. The van der Waals surface area contributed by atoms with E-state index in [1.165, 1.54) is 86.9 Å². The van der Waals surface area contributed by atoms with Gasteiger partial charge in [0.15, 0.2) is 5.58 Å². The molecule has 20 aromatic carbocycles. The molecular formula is C129H81N7O. The average molecular weight is 1750 g/mol. The van der Waals surface area contributed by atoms with E-state index in [-0.39, 0.29) is 0 Å². The first-order chi connectivity index (χ1) is 67.7. The first-order valence-corrected chi connectivity index (χ1v) is 46.3. The standard InChI is InChI=1S/C44H28N2.C43H27N3.C42H26N2O/c1-3-11-32-24-34(18-16-29(32)8-1)35-21-23-43-40(27-35)39(28-44(46-43)38-19-17-30-9-2-4-12-33(30)25-38)36-13-7-14-37(26-36)42-22-20-31-10-5-6-15-41(31)45-42;1-3-10-31-23-33(15-13-28(31)7-1)34-18-20-40-38(25-34)37(26-43(46-40)35-16-14-29-8-2-4-11-32(29)24-35)36-19-21-41(44-27-36)42-22-17-30-9-5-6-12-39(30)45-42;1-3-9-31-23-33(19-13-27(31)7-1)34-21-22-38-37(25-34)36(26-40(43-38)35-20-14-28-8-2-4-10-32(28)24-35)29-15-17-30(18-16-29)42-44-39-11-5-6-12-41(39)45-42/h1-28H;1-27H;1-26H. The van der Waals surface area contributed by atoms with Gasteiger partial charge in [-0.25, -0.2) is 29.9 Å². The van der Waals surface area contributed by atoms with Gasteiger partial charge in [-0.1, -0.05) is 334 Å². The summed E-state index contributed by atoms with van der Waals surface area (Å²) >= 11 is 0. The fourth-order valence-electron chi connectivity index (χ4n) is 19.3. The third-order valence-corrected chi connectivity index (χ3v) is 26.5. The fraction of sp³-hybridized carbons (Fsp3) is 0. The van der Waals surface area contributed by atoms with Crippen molar-refractivity contribution in [3.63, 3.8) is 0 Å². The minimum Gasteiger partial charge on any atom is -0.436 e. The quantitative estimate of drug-likeness (QED) is 0.119. The predicted molar refractivity (Wildman–Crippen MR) is 571 cm³/mol. The molecule has 638 valence electrons. The lowest BCUT2D eigenvalue weighted by atomic mass is 9.93. The second-order valence-electron chi connectivity index (χ2n) is 35.1. The van der Waals surface area contributed by atoms with E-state index in [2.05, 4.69) is 431 Å². The Morgan fingerprint density at radius 2 is 0.423 bits per heavy atom. The summed E-state index contributed by atoms with van der Waals surface area (Å²) in [6.07, 6.45) is 1.97. The molecule has 0 unspecified atom stereocenters. The Bertz CT molecular complexity index is 9420. The Morgan fingerprint density at radius 1 is 0.139 bits per heavy atom. The van der Waals surface area contributed by atoms with Gasteiger partial charge < -0.3 is 4.42 Å². The van der Waals surface area contributed by atoms with Crippen molar-refractivity contribution in [2.45, 2.75) is 0 Å². The maximum atomic E-state index is 6.06. The lowest BCUT2D eigenvalue weighted by Gasteiger charge is -2.14. The smallest absolute Gasteiger partial charge is 0.227 e. The number of hydrogen-bond donors (Lipinski definition) is 0. The first-order valence-electron chi connectivity index (χ1n) is 46.3. The van der Waals surface area contributed by atoms with E-state index in [1.54, 1.807) is 0 Å². The van der Waals surface area contributed by atoms with Gasteiger partial charge in [0.1, 0.15) is 5.52 Å². The minimum absolute atomic E-state index is 0.623. The summed E-state index contributed by atoms with van der Waals surface area (Å²) in [5.74, 6) is 0.623. The Labute approximate surface area is 790 Å². The number of oxazole rings is 1. The fourth-order valence-corrected chi connectivity index (χ4v) is 19.3. The molecule has 0 spiro atoms. The molecule has 7 aromatic heterocycles. The molecule has 27 aromatic rings. The highest BCUT2D eigenvalue weighted by atomic mass is 16.3. The van der Waals surface area contributed by atoms with Crippen molar-refractivity contribution in [3.8, 4) is 135 Å². The number of para-hydroxylation sites is 4. The summed E-state index contributed by atoms with van der Waals surface area (Å²) in [5.41, 5.74) is 31.1. The summed E-state index contributed by atoms with van der Waals surface area (Å²) in [6.45, 7) is 0. The van der Waals surface area contributed by atoms with Crippen molar-refractivity contribution in [2.75, 3.05) is 0 Å². The Balaban J connectivity index is 0.000000109. The second kappa shape index (κ2) is 34.7. The number of aromatic nitrogens is 7. The van der Waals surface area contributed by atoms with E-state index >= 15 is 0 Å². The van der Waals surface area contributed by atoms with Gasteiger partial charge in [0, 0.05) is 66.5 Å². The van der Waals surface area contributed by atoms with E-state index in [0.717, 1.165) is 172 Å². The Hall–Kier alpha value is -18.4. The van der Waals surface area contributed by atoms with E-state index in [4.69, 9.17) is 39.3 Å². The molecule has 0 aliphatic heterocycles. The molecule has 8 heteroatoms. The molecule has 0 fully saturated rings. The summed E-state index contributed by atoms with van der Waals surface area (Å²) in [7, 11) is 0. The molecule has 0 saturated heterocycles. The van der Waals surface area contributed by atoms with Crippen LogP contribution in [0.15, 0.2) is 496 Å². The predicted octanol–water partition coefficient (Wildman–Crippen LogP) is 34.3. The third kappa shape index (κ3) is 16.0. The van der Waals surface area contributed by atoms with Gasteiger partial charge in [-0.3, -0.25) is 4.98 Å². The van der Waals surface area contributed by atoms with Crippen molar-refractivity contribution in [3.05, 3.63) is 492 Å². The van der Waals surface area contributed by atoms with Crippen LogP contribution in [0.3, 0.4) is 0 Å². The van der Waals surface area contributed by atoms with Gasteiger partial charge in [-0.05, 0) is 277 Å². The van der Waals surface area contributed by atoms with Crippen LogP contribution >= 0.6 is 0 Å². The van der Waals surface area contributed by atoms with Crippen LogP contribution in [-0.2, 0) is 0 Å². The Kier molecular flexibility index (Phi) is 20.5. The van der Waals surface area contributed by atoms with Crippen LogP contribution in [0.25, 0.3) is 265 Å². The van der Waals surface area contributed by atoms with Gasteiger partial charge in [0.2, 0.25) is 5.89 Å². The highest BCUT2D eigenvalue weighted by Gasteiger charge is 2.20. The van der Waals surface area contributed by atoms with Crippen LogP contribution in [0.1, 0.15) is 0 Å². The minimum atomic E-state index is 0.623. The van der Waals surface area contributed by atoms with Crippen molar-refractivity contribution < 1.29 is 4.42 Å².